The molecule has 0 amide bonds. The zero-order chi connectivity index (χ0) is 7.66. The van der Waals surface area contributed by atoms with Crippen LogP contribution in [0.25, 0.3) is 0 Å². The van der Waals surface area contributed by atoms with E-state index in [0.29, 0.717) is 0 Å². The summed E-state index contributed by atoms with van der Waals surface area (Å²) in [4.78, 5) is 0. The third kappa shape index (κ3) is 7.74. The summed E-state index contributed by atoms with van der Waals surface area (Å²) in [6, 6.07) is 0. The van der Waals surface area contributed by atoms with Crippen LogP contribution in [-0.2, 0) is 0 Å². The fourth-order valence-electron chi connectivity index (χ4n) is 0.996. The van der Waals surface area contributed by atoms with E-state index in [9.17, 15) is 0 Å². The van der Waals surface area contributed by atoms with Crippen molar-refractivity contribution in [1.82, 2.24) is 0 Å². The minimum absolute atomic E-state index is 1.10. The van der Waals surface area contributed by atoms with Gasteiger partial charge in [-0.25, -0.2) is 0 Å². The molecule has 0 rings (SSSR count). The monoisotopic (exact) mass is 139 g/mol. The molecule has 0 atom stereocenters. The minimum Gasteiger partial charge on any atom is -0.103 e. The Bertz CT molecular complexity index is 64.4. The molecule has 0 bridgehead atoms. The number of allylic oxidation sites excluding steroid dienone is 1. The van der Waals surface area contributed by atoms with Crippen LogP contribution in [0.2, 0.25) is 0 Å². The maximum atomic E-state index is 3.80. The lowest BCUT2D eigenvalue weighted by Gasteiger charge is -1.96. The van der Waals surface area contributed by atoms with Gasteiger partial charge in [-0.1, -0.05) is 45.1 Å². The average Bonchev–Trinajstić information content (AvgIpc) is 1.97. The quantitative estimate of drug-likeness (QED) is 0.372. The van der Waals surface area contributed by atoms with Crippen LogP contribution in [0, 0.1) is 6.92 Å². The summed E-state index contributed by atoms with van der Waals surface area (Å²) in [5.41, 5.74) is 0. The zero-order valence-corrected chi connectivity index (χ0v) is 6.94. The maximum absolute atomic E-state index is 3.80. The van der Waals surface area contributed by atoms with Crippen molar-refractivity contribution in [2.45, 2.75) is 44.9 Å². The second-order valence-electron chi connectivity index (χ2n) is 2.70. The second kappa shape index (κ2) is 8.74. The van der Waals surface area contributed by atoms with Crippen LogP contribution in [0.4, 0.5) is 0 Å². The Hall–Kier alpha value is -0.260. The molecule has 0 spiro atoms. The van der Waals surface area contributed by atoms with E-state index in [2.05, 4.69) is 13.5 Å². The van der Waals surface area contributed by atoms with Crippen LogP contribution >= 0.6 is 0 Å². The average molecular weight is 139 g/mol. The van der Waals surface area contributed by atoms with Gasteiger partial charge in [-0.15, -0.1) is 6.58 Å². The molecule has 0 fully saturated rings. The predicted molar refractivity (Wildman–Crippen MR) is 47.9 cm³/mol. The van der Waals surface area contributed by atoms with Gasteiger partial charge in [-0.3, -0.25) is 0 Å². The fraction of sp³-hybridized carbons (Fsp3) is 0.700. The Morgan fingerprint density at radius 1 is 0.900 bits per heavy atom. The van der Waals surface area contributed by atoms with Gasteiger partial charge in [0.25, 0.3) is 0 Å². The summed E-state index contributed by atoms with van der Waals surface area (Å²) in [6.07, 6.45) is 11.0. The summed E-state index contributed by atoms with van der Waals surface area (Å²) < 4.78 is 0. The first kappa shape index (κ1) is 9.74. The van der Waals surface area contributed by atoms with Crippen molar-refractivity contribution < 1.29 is 0 Å². The van der Waals surface area contributed by atoms with Gasteiger partial charge in [0.2, 0.25) is 0 Å². The van der Waals surface area contributed by atoms with E-state index in [1.807, 2.05) is 6.08 Å². The first-order valence-corrected chi connectivity index (χ1v) is 4.32. The number of hydrogen-bond donors (Lipinski definition) is 0. The van der Waals surface area contributed by atoms with E-state index in [0.717, 1.165) is 6.42 Å². The Morgan fingerprint density at radius 2 is 1.50 bits per heavy atom. The van der Waals surface area contributed by atoms with E-state index in [1.165, 1.54) is 38.5 Å². The highest BCUT2D eigenvalue weighted by molar-refractivity contribution is 4.65. The van der Waals surface area contributed by atoms with Crippen LogP contribution in [0.3, 0.4) is 0 Å². The van der Waals surface area contributed by atoms with Crippen molar-refractivity contribution in [2.24, 2.45) is 0 Å². The summed E-state index contributed by atoms with van der Waals surface area (Å²) in [6.45, 7) is 7.49. The molecule has 1 radical (unpaired) electrons. The molecule has 0 unspecified atom stereocenters. The Kier molecular flexibility index (Phi) is 8.51. The van der Waals surface area contributed by atoms with Crippen molar-refractivity contribution in [3.05, 3.63) is 19.6 Å². The van der Waals surface area contributed by atoms with Crippen LogP contribution in [0.15, 0.2) is 12.7 Å². The molecule has 0 aliphatic heterocycles. The number of unbranched alkanes of at least 4 members (excludes halogenated alkanes) is 6. The van der Waals surface area contributed by atoms with Gasteiger partial charge >= 0.3 is 0 Å². The molecule has 0 aliphatic carbocycles. The van der Waals surface area contributed by atoms with Crippen molar-refractivity contribution in [1.29, 1.82) is 0 Å². The molecular formula is C10H19. The van der Waals surface area contributed by atoms with Gasteiger partial charge in [0.15, 0.2) is 0 Å². The standard InChI is InChI=1S/C10H19/c1-3-5-7-9-10-8-6-4-2/h3H,1-2,4-10H2. The van der Waals surface area contributed by atoms with Gasteiger partial charge in [0.1, 0.15) is 0 Å². The van der Waals surface area contributed by atoms with Crippen molar-refractivity contribution in [2.75, 3.05) is 0 Å². The highest BCUT2D eigenvalue weighted by atomic mass is 13.9. The van der Waals surface area contributed by atoms with E-state index >= 15 is 0 Å². The highest BCUT2D eigenvalue weighted by Crippen LogP contribution is 2.06. The van der Waals surface area contributed by atoms with Gasteiger partial charge in [0, 0.05) is 0 Å². The third-order valence-electron chi connectivity index (χ3n) is 1.66. The van der Waals surface area contributed by atoms with Crippen molar-refractivity contribution in [3.8, 4) is 0 Å². The predicted octanol–water partition coefficient (Wildman–Crippen LogP) is 3.74. The zero-order valence-electron chi connectivity index (χ0n) is 6.94. The van der Waals surface area contributed by atoms with Crippen LogP contribution in [0.1, 0.15) is 44.9 Å². The van der Waals surface area contributed by atoms with Gasteiger partial charge in [-0.05, 0) is 12.8 Å². The molecule has 59 valence electrons. The van der Waals surface area contributed by atoms with Gasteiger partial charge < -0.3 is 0 Å². The van der Waals surface area contributed by atoms with E-state index in [1.54, 1.807) is 0 Å². The highest BCUT2D eigenvalue weighted by Gasteiger charge is 1.86. The molecule has 0 aromatic rings. The molecule has 0 aliphatic rings. The molecule has 10 heavy (non-hydrogen) atoms. The van der Waals surface area contributed by atoms with Crippen LogP contribution in [0.5, 0.6) is 0 Å². The molecule has 0 saturated carbocycles. The fourth-order valence-corrected chi connectivity index (χ4v) is 0.996. The minimum atomic E-state index is 1.10. The summed E-state index contributed by atoms with van der Waals surface area (Å²) in [5.74, 6) is 0. The molecule has 0 aromatic carbocycles. The third-order valence-corrected chi connectivity index (χ3v) is 1.66. The molecule has 0 N–H and O–H groups in total. The Balaban J connectivity index is 2.70. The van der Waals surface area contributed by atoms with Gasteiger partial charge in [0.05, 0.1) is 0 Å². The summed E-state index contributed by atoms with van der Waals surface area (Å²) in [7, 11) is 0. The van der Waals surface area contributed by atoms with E-state index < -0.39 is 0 Å². The summed E-state index contributed by atoms with van der Waals surface area (Å²) >= 11 is 0. The smallest absolute Gasteiger partial charge is 0.0353 e. The Labute approximate surface area is 65.3 Å². The maximum Gasteiger partial charge on any atom is -0.0353 e. The molecule has 0 heteroatoms. The first-order valence-electron chi connectivity index (χ1n) is 4.32. The number of rotatable bonds is 7. The molecule has 0 saturated heterocycles. The van der Waals surface area contributed by atoms with Crippen molar-refractivity contribution >= 4 is 0 Å². The number of hydrogen-bond acceptors (Lipinski definition) is 0. The molecule has 0 nitrogen and oxygen atoms in total. The lowest BCUT2D eigenvalue weighted by molar-refractivity contribution is 0.621. The lowest BCUT2D eigenvalue weighted by Crippen LogP contribution is -1.76. The topological polar surface area (TPSA) is 0 Å². The van der Waals surface area contributed by atoms with Crippen LogP contribution in [-0.4, -0.2) is 0 Å². The molecule has 0 aromatic heterocycles. The molecular weight excluding hydrogens is 120 g/mol. The van der Waals surface area contributed by atoms with Crippen molar-refractivity contribution in [3.63, 3.8) is 0 Å². The van der Waals surface area contributed by atoms with E-state index in [-0.39, 0.29) is 0 Å². The SMILES string of the molecule is [CH2]CCCCCCCC=C. The Morgan fingerprint density at radius 3 is 2.10 bits per heavy atom. The first-order chi connectivity index (χ1) is 4.91. The summed E-state index contributed by atoms with van der Waals surface area (Å²) in [5, 5.41) is 0. The second-order valence-corrected chi connectivity index (χ2v) is 2.70. The van der Waals surface area contributed by atoms with E-state index in [4.69, 9.17) is 0 Å². The van der Waals surface area contributed by atoms with Gasteiger partial charge in [-0.2, -0.15) is 0 Å². The van der Waals surface area contributed by atoms with Crippen LogP contribution < -0.4 is 0 Å². The normalized spacial score (nSPS) is 9.70. The largest absolute Gasteiger partial charge is 0.103 e. The molecule has 0 heterocycles. The lowest BCUT2D eigenvalue weighted by atomic mass is 10.1.